The molecule has 1 aliphatic rings. The number of sulfonamides is 1. The molecule has 0 atom stereocenters. The van der Waals surface area contributed by atoms with E-state index in [2.05, 4.69) is 18.7 Å². The summed E-state index contributed by atoms with van der Waals surface area (Å²) in [6.07, 6.45) is 2.26. The largest absolute Gasteiger partial charge is 0.397 e. The highest BCUT2D eigenvalue weighted by Gasteiger charge is 2.31. The molecule has 2 rings (SSSR count). The zero-order valence-electron chi connectivity index (χ0n) is 11.3. The lowest BCUT2D eigenvalue weighted by molar-refractivity contribution is 0.596. The molecule has 6 heteroatoms. The van der Waals surface area contributed by atoms with Crippen LogP contribution in [0.2, 0.25) is 0 Å². The fourth-order valence-electron chi connectivity index (χ4n) is 2.17. The molecule has 0 amide bonds. The number of hydrogen-bond donors (Lipinski definition) is 2. The molecule has 0 saturated heterocycles. The molecule has 1 saturated carbocycles. The van der Waals surface area contributed by atoms with Crippen LogP contribution in [0.5, 0.6) is 0 Å². The lowest BCUT2D eigenvalue weighted by Gasteiger charge is -2.28. The van der Waals surface area contributed by atoms with Gasteiger partial charge < -0.3 is 10.6 Å². The Bertz CT molecular complexity index is 565. The minimum Gasteiger partial charge on any atom is -0.397 e. The third-order valence-electron chi connectivity index (χ3n) is 3.19. The second kappa shape index (κ2) is 5.02. The van der Waals surface area contributed by atoms with Crippen molar-refractivity contribution < 1.29 is 8.42 Å². The average Bonchev–Trinajstić information content (AvgIpc) is 3.08. The first-order valence-electron chi connectivity index (χ1n) is 6.48. The SMILES string of the molecule is CC(C)CN(c1cc(S(N)(=O)=O)ccc1N)C1CC1. The van der Waals surface area contributed by atoms with Crippen LogP contribution in [0.15, 0.2) is 23.1 Å². The number of nitrogen functional groups attached to an aromatic ring is 1. The second-order valence-corrected chi connectivity index (χ2v) is 7.10. The minimum absolute atomic E-state index is 0.117. The topological polar surface area (TPSA) is 89.4 Å². The van der Waals surface area contributed by atoms with E-state index in [-0.39, 0.29) is 4.90 Å². The molecule has 0 heterocycles. The standard InChI is InChI=1S/C13H21N3O2S/c1-9(2)8-16(10-3-4-10)13-7-11(19(15,17)18)5-6-12(13)14/h5-7,9-10H,3-4,8,14H2,1-2H3,(H2,15,17,18). The number of hydrogen-bond acceptors (Lipinski definition) is 4. The van der Waals surface area contributed by atoms with Crippen molar-refractivity contribution >= 4 is 21.4 Å². The summed E-state index contributed by atoms with van der Waals surface area (Å²) in [6, 6.07) is 5.13. The maximum absolute atomic E-state index is 11.4. The summed E-state index contributed by atoms with van der Waals surface area (Å²) in [6.45, 7) is 5.13. The van der Waals surface area contributed by atoms with E-state index in [1.165, 1.54) is 6.07 Å². The van der Waals surface area contributed by atoms with Crippen molar-refractivity contribution in [2.45, 2.75) is 37.6 Å². The number of nitrogens with zero attached hydrogens (tertiary/aromatic N) is 1. The number of primary sulfonamides is 1. The van der Waals surface area contributed by atoms with Gasteiger partial charge in [-0.2, -0.15) is 0 Å². The van der Waals surface area contributed by atoms with E-state index < -0.39 is 10.0 Å². The van der Waals surface area contributed by atoms with Gasteiger partial charge in [0.25, 0.3) is 0 Å². The highest BCUT2D eigenvalue weighted by atomic mass is 32.2. The summed E-state index contributed by atoms with van der Waals surface area (Å²) in [7, 11) is -3.69. The Hall–Kier alpha value is -1.27. The van der Waals surface area contributed by atoms with Gasteiger partial charge in [-0.3, -0.25) is 0 Å². The highest BCUT2D eigenvalue weighted by molar-refractivity contribution is 7.89. The molecule has 0 bridgehead atoms. The van der Waals surface area contributed by atoms with Crippen LogP contribution in [0.25, 0.3) is 0 Å². The monoisotopic (exact) mass is 283 g/mol. The van der Waals surface area contributed by atoms with Crippen molar-refractivity contribution in [2.24, 2.45) is 11.1 Å². The highest BCUT2D eigenvalue weighted by Crippen LogP contribution is 2.36. The number of rotatable bonds is 5. The van der Waals surface area contributed by atoms with Gasteiger partial charge in [0.05, 0.1) is 16.3 Å². The van der Waals surface area contributed by atoms with Gasteiger partial charge >= 0.3 is 0 Å². The van der Waals surface area contributed by atoms with E-state index in [0.29, 0.717) is 17.6 Å². The van der Waals surface area contributed by atoms with Crippen molar-refractivity contribution in [3.8, 4) is 0 Å². The third-order valence-corrected chi connectivity index (χ3v) is 4.10. The van der Waals surface area contributed by atoms with Gasteiger partial charge in [-0.25, -0.2) is 13.6 Å². The number of benzene rings is 1. The summed E-state index contributed by atoms with van der Waals surface area (Å²) in [5.74, 6) is 0.484. The molecule has 0 aromatic heterocycles. The smallest absolute Gasteiger partial charge is 0.238 e. The Balaban J connectivity index is 2.41. The van der Waals surface area contributed by atoms with Crippen molar-refractivity contribution in [1.82, 2.24) is 0 Å². The molecule has 1 aliphatic carbocycles. The van der Waals surface area contributed by atoms with E-state index in [4.69, 9.17) is 10.9 Å². The van der Waals surface area contributed by atoms with E-state index in [0.717, 1.165) is 25.1 Å². The van der Waals surface area contributed by atoms with Gasteiger partial charge in [0.2, 0.25) is 10.0 Å². The van der Waals surface area contributed by atoms with Crippen molar-refractivity contribution in [2.75, 3.05) is 17.2 Å². The molecule has 0 radical (unpaired) electrons. The predicted molar refractivity (Wildman–Crippen MR) is 77.4 cm³/mol. The molecule has 0 unspecified atom stereocenters. The molecule has 1 aromatic rings. The molecule has 19 heavy (non-hydrogen) atoms. The predicted octanol–water partition coefficient (Wildman–Crippen LogP) is 1.54. The van der Waals surface area contributed by atoms with E-state index in [1.54, 1.807) is 12.1 Å². The summed E-state index contributed by atoms with van der Waals surface area (Å²) in [4.78, 5) is 2.32. The molecule has 0 spiro atoms. The van der Waals surface area contributed by atoms with Crippen molar-refractivity contribution in [1.29, 1.82) is 0 Å². The molecule has 0 aliphatic heterocycles. The Kier molecular flexibility index (Phi) is 3.73. The minimum atomic E-state index is -3.69. The van der Waals surface area contributed by atoms with Crippen LogP contribution in [0.3, 0.4) is 0 Å². The average molecular weight is 283 g/mol. The molecule has 1 fully saturated rings. The molecular weight excluding hydrogens is 262 g/mol. The fourth-order valence-corrected chi connectivity index (χ4v) is 2.71. The summed E-state index contributed by atoms with van der Waals surface area (Å²) in [5.41, 5.74) is 7.38. The van der Waals surface area contributed by atoms with E-state index in [9.17, 15) is 8.42 Å². The number of anilines is 2. The van der Waals surface area contributed by atoms with E-state index in [1.807, 2.05) is 0 Å². The van der Waals surface area contributed by atoms with Crippen LogP contribution in [0.4, 0.5) is 11.4 Å². The lowest BCUT2D eigenvalue weighted by atomic mass is 10.1. The van der Waals surface area contributed by atoms with Crippen molar-refractivity contribution in [3.63, 3.8) is 0 Å². The summed E-state index contributed by atoms with van der Waals surface area (Å²) < 4.78 is 22.9. The molecular formula is C13H21N3O2S. The molecule has 5 nitrogen and oxygen atoms in total. The Labute approximate surface area is 114 Å². The lowest BCUT2D eigenvalue weighted by Crippen LogP contribution is -2.30. The van der Waals surface area contributed by atoms with Gasteiger partial charge in [-0.15, -0.1) is 0 Å². The van der Waals surface area contributed by atoms with Gasteiger partial charge in [0, 0.05) is 12.6 Å². The van der Waals surface area contributed by atoms with Crippen LogP contribution < -0.4 is 15.8 Å². The summed E-state index contributed by atoms with van der Waals surface area (Å²) >= 11 is 0. The van der Waals surface area contributed by atoms with Crippen LogP contribution in [0.1, 0.15) is 26.7 Å². The maximum Gasteiger partial charge on any atom is 0.238 e. The van der Waals surface area contributed by atoms with Gasteiger partial charge in [-0.1, -0.05) is 13.8 Å². The first-order chi connectivity index (χ1) is 8.79. The Morgan fingerprint density at radius 1 is 1.37 bits per heavy atom. The zero-order valence-corrected chi connectivity index (χ0v) is 12.2. The second-order valence-electron chi connectivity index (χ2n) is 5.54. The van der Waals surface area contributed by atoms with Gasteiger partial charge in [0.1, 0.15) is 0 Å². The van der Waals surface area contributed by atoms with E-state index >= 15 is 0 Å². The quantitative estimate of drug-likeness (QED) is 0.802. The zero-order chi connectivity index (χ0) is 14.2. The van der Waals surface area contributed by atoms with Crippen LogP contribution >= 0.6 is 0 Å². The van der Waals surface area contributed by atoms with Gasteiger partial charge in [0.15, 0.2) is 0 Å². The van der Waals surface area contributed by atoms with Crippen LogP contribution in [-0.2, 0) is 10.0 Å². The molecule has 106 valence electrons. The number of nitrogens with two attached hydrogens (primary N) is 2. The van der Waals surface area contributed by atoms with Gasteiger partial charge in [-0.05, 0) is 37.0 Å². The van der Waals surface area contributed by atoms with Crippen LogP contribution in [0, 0.1) is 5.92 Å². The normalized spacial score (nSPS) is 15.8. The third kappa shape index (κ3) is 3.39. The Morgan fingerprint density at radius 3 is 2.47 bits per heavy atom. The first-order valence-corrected chi connectivity index (χ1v) is 8.02. The van der Waals surface area contributed by atoms with Crippen molar-refractivity contribution in [3.05, 3.63) is 18.2 Å². The van der Waals surface area contributed by atoms with Crippen LogP contribution in [-0.4, -0.2) is 21.0 Å². The maximum atomic E-state index is 11.4. The molecule has 1 aromatic carbocycles. The Morgan fingerprint density at radius 2 is 2.00 bits per heavy atom. The fraction of sp³-hybridized carbons (Fsp3) is 0.538. The summed E-state index contributed by atoms with van der Waals surface area (Å²) in [5, 5.41) is 5.18. The first kappa shape index (κ1) is 14.1. The molecule has 4 N–H and O–H groups in total.